The molecule has 1 rings (SSSR count). The van der Waals surface area contributed by atoms with Gasteiger partial charge in [0.1, 0.15) is 0 Å². The Kier molecular flexibility index (Phi) is 8.25. The predicted molar refractivity (Wildman–Crippen MR) is 90.4 cm³/mol. The summed E-state index contributed by atoms with van der Waals surface area (Å²) in [7, 11) is 0. The number of carbonyl (C=O) groups excluding carboxylic acids is 1. The quantitative estimate of drug-likeness (QED) is 0.848. The van der Waals surface area contributed by atoms with Gasteiger partial charge in [-0.25, -0.2) is 0 Å². The van der Waals surface area contributed by atoms with E-state index < -0.39 is 0 Å². The molecule has 3 nitrogen and oxygen atoms in total. The van der Waals surface area contributed by atoms with Crippen LogP contribution in [0.2, 0.25) is 0 Å². The molecule has 2 unspecified atom stereocenters. The van der Waals surface area contributed by atoms with Gasteiger partial charge in [-0.1, -0.05) is 37.3 Å². The maximum Gasteiger partial charge on any atom is 0.224 e. The summed E-state index contributed by atoms with van der Waals surface area (Å²) in [5, 5.41) is 2.98. The predicted octanol–water partition coefficient (Wildman–Crippen LogP) is 3.00. The lowest BCUT2D eigenvalue weighted by atomic mass is 9.94. The van der Waals surface area contributed by atoms with Gasteiger partial charge in [-0.15, -0.1) is 12.4 Å². The summed E-state index contributed by atoms with van der Waals surface area (Å²) in [5.41, 5.74) is 7.14. The van der Waals surface area contributed by atoms with Crippen LogP contribution in [0.3, 0.4) is 0 Å². The van der Waals surface area contributed by atoms with Gasteiger partial charge in [-0.2, -0.15) is 11.8 Å². The first kappa shape index (κ1) is 19.3. The van der Waals surface area contributed by atoms with Crippen LogP contribution in [0.25, 0.3) is 0 Å². The summed E-state index contributed by atoms with van der Waals surface area (Å²) in [6.07, 6.45) is 2.05. The highest BCUT2D eigenvalue weighted by Crippen LogP contribution is 2.21. The van der Waals surface area contributed by atoms with Crippen LogP contribution in [0, 0.1) is 5.92 Å². The van der Waals surface area contributed by atoms with E-state index in [1.165, 1.54) is 0 Å². The van der Waals surface area contributed by atoms with Crippen LogP contribution < -0.4 is 11.1 Å². The van der Waals surface area contributed by atoms with Crippen molar-refractivity contribution in [3.8, 4) is 0 Å². The highest BCUT2D eigenvalue weighted by Gasteiger charge is 2.24. The zero-order valence-corrected chi connectivity index (χ0v) is 14.2. The third-order valence-electron chi connectivity index (χ3n) is 3.38. The Balaban J connectivity index is 0.00000361. The number of nitrogens with two attached hydrogens (primary N) is 1. The Hall–Kier alpha value is -0.710. The van der Waals surface area contributed by atoms with Crippen LogP contribution in [0.5, 0.6) is 0 Å². The van der Waals surface area contributed by atoms with Crippen LogP contribution in [-0.2, 0) is 4.79 Å². The lowest BCUT2D eigenvalue weighted by molar-refractivity contribution is -0.125. The van der Waals surface area contributed by atoms with Gasteiger partial charge in [0.2, 0.25) is 5.91 Å². The van der Waals surface area contributed by atoms with E-state index in [0.29, 0.717) is 6.54 Å². The Labute approximate surface area is 132 Å². The molecule has 0 aromatic heterocycles. The minimum absolute atomic E-state index is 0. The molecule has 0 aliphatic heterocycles. The van der Waals surface area contributed by atoms with E-state index in [-0.39, 0.29) is 35.0 Å². The molecular formula is C15H25ClN2OS. The van der Waals surface area contributed by atoms with E-state index in [0.717, 1.165) is 5.56 Å². The van der Waals surface area contributed by atoms with E-state index in [4.69, 9.17) is 5.73 Å². The molecule has 3 N–H and O–H groups in total. The summed E-state index contributed by atoms with van der Waals surface area (Å²) < 4.78 is 0.0478. The molecule has 1 amide bonds. The molecule has 0 aliphatic carbocycles. The third kappa shape index (κ3) is 5.73. The molecule has 0 heterocycles. The van der Waals surface area contributed by atoms with Gasteiger partial charge in [0.05, 0.1) is 5.92 Å². The monoisotopic (exact) mass is 316 g/mol. The van der Waals surface area contributed by atoms with Crippen LogP contribution in [0.4, 0.5) is 0 Å². The minimum Gasteiger partial charge on any atom is -0.354 e. The maximum atomic E-state index is 12.1. The summed E-state index contributed by atoms with van der Waals surface area (Å²) in [6.45, 7) is 6.75. The van der Waals surface area contributed by atoms with Gasteiger partial charge in [0, 0.05) is 17.3 Å². The summed E-state index contributed by atoms with van der Waals surface area (Å²) >= 11 is 1.74. The Morgan fingerprint density at radius 2 is 1.90 bits per heavy atom. The lowest BCUT2D eigenvalue weighted by Crippen LogP contribution is -2.41. The second-order valence-corrected chi connectivity index (χ2v) is 6.92. The number of thioether (sulfide) groups is 1. The van der Waals surface area contributed by atoms with E-state index in [9.17, 15) is 4.79 Å². The molecule has 5 heteroatoms. The first-order valence-electron chi connectivity index (χ1n) is 6.51. The Bertz CT molecular complexity index is 412. The molecule has 0 aliphatic rings. The topological polar surface area (TPSA) is 55.1 Å². The number of hydrogen-bond donors (Lipinski definition) is 2. The second-order valence-electron chi connectivity index (χ2n) is 5.41. The minimum atomic E-state index is -0.265. The number of carbonyl (C=O) groups is 1. The second kappa shape index (κ2) is 8.55. The first-order valence-corrected chi connectivity index (χ1v) is 7.73. The van der Waals surface area contributed by atoms with Gasteiger partial charge in [-0.3, -0.25) is 4.79 Å². The van der Waals surface area contributed by atoms with Crippen molar-refractivity contribution in [2.45, 2.75) is 31.6 Å². The van der Waals surface area contributed by atoms with Gasteiger partial charge in [-0.05, 0) is 25.7 Å². The molecule has 0 saturated heterocycles. The zero-order chi connectivity index (χ0) is 14.5. The number of amides is 1. The largest absolute Gasteiger partial charge is 0.354 e. The van der Waals surface area contributed by atoms with Gasteiger partial charge in [0.15, 0.2) is 0 Å². The van der Waals surface area contributed by atoms with Crippen molar-refractivity contribution in [2.75, 3.05) is 12.8 Å². The van der Waals surface area contributed by atoms with E-state index >= 15 is 0 Å². The van der Waals surface area contributed by atoms with Crippen molar-refractivity contribution in [1.29, 1.82) is 0 Å². The number of halogens is 1. The van der Waals surface area contributed by atoms with Crippen molar-refractivity contribution in [1.82, 2.24) is 5.32 Å². The van der Waals surface area contributed by atoms with Crippen LogP contribution in [-0.4, -0.2) is 23.5 Å². The first-order chi connectivity index (χ1) is 8.87. The van der Waals surface area contributed by atoms with Crippen molar-refractivity contribution < 1.29 is 4.79 Å². The average Bonchev–Trinajstić information content (AvgIpc) is 2.44. The summed E-state index contributed by atoms with van der Waals surface area (Å²) in [5.74, 6) is -0.224. The number of benzene rings is 1. The highest BCUT2D eigenvalue weighted by atomic mass is 35.5. The van der Waals surface area contributed by atoms with Crippen molar-refractivity contribution >= 4 is 30.1 Å². The molecule has 1 aromatic rings. The third-order valence-corrected chi connectivity index (χ3v) is 4.63. The van der Waals surface area contributed by atoms with Crippen LogP contribution in [0.15, 0.2) is 30.3 Å². The molecule has 20 heavy (non-hydrogen) atoms. The van der Waals surface area contributed by atoms with E-state index in [1.807, 2.05) is 43.5 Å². The van der Waals surface area contributed by atoms with Gasteiger partial charge < -0.3 is 11.1 Å². The maximum absolute atomic E-state index is 12.1. The molecule has 0 spiro atoms. The van der Waals surface area contributed by atoms with Crippen molar-refractivity contribution in [3.63, 3.8) is 0 Å². The SMILES string of the molecule is CSC(C)(C)CNC(=O)C(C)C(N)c1ccccc1.Cl. The number of hydrogen-bond acceptors (Lipinski definition) is 3. The zero-order valence-electron chi connectivity index (χ0n) is 12.6. The van der Waals surface area contributed by atoms with Crippen molar-refractivity contribution in [3.05, 3.63) is 35.9 Å². The molecule has 114 valence electrons. The Morgan fingerprint density at radius 3 is 2.40 bits per heavy atom. The standard InChI is InChI=1S/C15H24N2OS.ClH/c1-11(13(16)12-8-6-5-7-9-12)14(18)17-10-15(2,3)19-4;/h5-9,11,13H,10,16H2,1-4H3,(H,17,18);1H. The number of rotatable bonds is 6. The van der Waals surface area contributed by atoms with Gasteiger partial charge >= 0.3 is 0 Å². The molecule has 0 bridgehead atoms. The molecule has 0 saturated carbocycles. The Morgan fingerprint density at radius 1 is 1.35 bits per heavy atom. The normalized spacial score (nSPS) is 14.1. The molecule has 1 aromatic carbocycles. The van der Waals surface area contributed by atoms with Crippen molar-refractivity contribution in [2.24, 2.45) is 11.7 Å². The van der Waals surface area contributed by atoms with E-state index in [2.05, 4.69) is 19.2 Å². The average molecular weight is 317 g/mol. The smallest absolute Gasteiger partial charge is 0.224 e. The fourth-order valence-corrected chi connectivity index (χ4v) is 1.88. The van der Waals surface area contributed by atoms with Crippen LogP contribution in [0.1, 0.15) is 32.4 Å². The number of nitrogens with one attached hydrogen (secondary N) is 1. The summed E-state index contributed by atoms with van der Waals surface area (Å²) in [6, 6.07) is 9.48. The highest BCUT2D eigenvalue weighted by molar-refractivity contribution is 7.99. The fraction of sp³-hybridized carbons (Fsp3) is 0.533. The molecule has 2 atom stereocenters. The molecule has 0 fully saturated rings. The summed E-state index contributed by atoms with van der Waals surface area (Å²) in [4.78, 5) is 12.1. The van der Waals surface area contributed by atoms with E-state index in [1.54, 1.807) is 11.8 Å². The molecule has 0 radical (unpaired) electrons. The fourth-order valence-electron chi connectivity index (χ4n) is 1.66. The van der Waals surface area contributed by atoms with Gasteiger partial charge in [0.25, 0.3) is 0 Å². The lowest BCUT2D eigenvalue weighted by Gasteiger charge is -2.25. The molecular weight excluding hydrogens is 292 g/mol. The van der Waals surface area contributed by atoms with Crippen LogP contribution >= 0.6 is 24.2 Å².